The fourth-order valence-corrected chi connectivity index (χ4v) is 1.69. The number of methoxy groups -OCH3 is 1. The van der Waals surface area contributed by atoms with E-state index in [4.69, 9.17) is 4.74 Å². The van der Waals surface area contributed by atoms with E-state index in [1.807, 2.05) is 0 Å². The van der Waals surface area contributed by atoms with Crippen molar-refractivity contribution in [3.63, 3.8) is 0 Å². The number of halogens is 3. The van der Waals surface area contributed by atoms with Crippen molar-refractivity contribution in [3.8, 4) is 5.75 Å². The van der Waals surface area contributed by atoms with Crippen LogP contribution < -0.4 is 10.1 Å². The van der Waals surface area contributed by atoms with Gasteiger partial charge < -0.3 is 14.8 Å². The first kappa shape index (κ1) is 15.8. The molecule has 0 aromatic heterocycles. The van der Waals surface area contributed by atoms with E-state index in [0.29, 0.717) is 11.4 Å². The molecule has 4 nitrogen and oxygen atoms in total. The largest absolute Gasteiger partial charge is 0.495 e. The number of rotatable bonds is 7. The highest BCUT2D eigenvalue weighted by molar-refractivity contribution is 9.10. The number of hydrogen-bond acceptors (Lipinski definition) is 3. The minimum atomic E-state index is -2.52. The number of nitrogens with one attached hydrogen (secondary N) is 1. The van der Waals surface area contributed by atoms with Gasteiger partial charge in [-0.2, -0.15) is 0 Å². The number of amides is 1. The van der Waals surface area contributed by atoms with Gasteiger partial charge in [0.05, 0.1) is 25.8 Å². The first-order valence-corrected chi connectivity index (χ1v) is 6.31. The van der Waals surface area contributed by atoms with Crippen LogP contribution >= 0.6 is 15.9 Å². The smallest absolute Gasteiger partial charge is 0.261 e. The first-order chi connectivity index (χ1) is 9.02. The van der Waals surface area contributed by atoms with Gasteiger partial charge in [-0.25, -0.2) is 8.78 Å². The quantitative estimate of drug-likeness (QED) is 0.778. The lowest BCUT2D eigenvalue weighted by Gasteiger charge is -2.10. The molecule has 0 aliphatic carbocycles. The fourth-order valence-electron chi connectivity index (χ4n) is 1.33. The maximum atomic E-state index is 11.8. The summed E-state index contributed by atoms with van der Waals surface area (Å²) in [5.41, 5.74) is 0.510. The summed E-state index contributed by atoms with van der Waals surface area (Å²) in [5, 5.41) is 2.63. The molecule has 0 aliphatic heterocycles. The van der Waals surface area contributed by atoms with Crippen LogP contribution in [0.3, 0.4) is 0 Å². The highest BCUT2D eigenvalue weighted by Crippen LogP contribution is 2.27. The van der Waals surface area contributed by atoms with Gasteiger partial charge in [0.25, 0.3) is 6.43 Å². The second-order valence-electron chi connectivity index (χ2n) is 3.61. The van der Waals surface area contributed by atoms with Crippen molar-refractivity contribution in [2.45, 2.75) is 12.8 Å². The molecule has 106 valence electrons. The minimum Gasteiger partial charge on any atom is -0.495 e. The van der Waals surface area contributed by atoms with Crippen molar-refractivity contribution >= 4 is 27.5 Å². The monoisotopic (exact) mass is 337 g/mol. The summed E-state index contributed by atoms with van der Waals surface area (Å²) in [6.45, 7) is -0.708. The number of alkyl halides is 2. The molecule has 0 atom stereocenters. The molecule has 0 aliphatic rings. The van der Waals surface area contributed by atoms with E-state index in [2.05, 4.69) is 26.0 Å². The fraction of sp³-hybridized carbons (Fsp3) is 0.417. The molecule has 0 fully saturated rings. The lowest BCUT2D eigenvalue weighted by atomic mass is 10.3. The van der Waals surface area contributed by atoms with Crippen LogP contribution in [0, 0.1) is 0 Å². The van der Waals surface area contributed by atoms with Crippen LogP contribution in [0.4, 0.5) is 14.5 Å². The van der Waals surface area contributed by atoms with Gasteiger partial charge in [-0.05, 0) is 18.2 Å². The number of carbonyl (C=O) groups excluding carboxylic acids is 1. The van der Waals surface area contributed by atoms with Gasteiger partial charge in [0.1, 0.15) is 12.4 Å². The summed E-state index contributed by atoms with van der Waals surface area (Å²) in [6, 6.07) is 5.17. The first-order valence-electron chi connectivity index (χ1n) is 5.52. The molecule has 1 rings (SSSR count). The summed E-state index contributed by atoms with van der Waals surface area (Å²) >= 11 is 3.28. The van der Waals surface area contributed by atoms with Crippen molar-refractivity contribution in [2.75, 3.05) is 25.6 Å². The van der Waals surface area contributed by atoms with E-state index in [9.17, 15) is 13.6 Å². The average Bonchev–Trinajstić information content (AvgIpc) is 2.35. The van der Waals surface area contributed by atoms with Crippen LogP contribution in [0.5, 0.6) is 5.75 Å². The van der Waals surface area contributed by atoms with Crippen LogP contribution in [-0.2, 0) is 9.53 Å². The lowest BCUT2D eigenvalue weighted by Crippen LogP contribution is -2.16. The average molecular weight is 338 g/mol. The van der Waals surface area contributed by atoms with E-state index in [1.165, 1.54) is 7.11 Å². The Morgan fingerprint density at radius 3 is 2.84 bits per heavy atom. The van der Waals surface area contributed by atoms with Crippen molar-refractivity contribution in [1.82, 2.24) is 0 Å². The molecule has 1 aromatic carbocycles. The minimum absolute atomic E-state index is 0.00237. The van der Waals surface area contributed by atoms with Crippen molar-refractivity contribution in [1.29, 1.82) is 0 Å². The third-order valence-electron chi connectivity index (χ3n) is 2.15. The lowest BCUT2D eigenvalue weighted by molar-refractivity contribution is -0.117. The molecule has 0 bridgehead atoms. The Kier molecular flexibility index (Phi) is 6.72. The molecular weight excluding hydrogens is 324 g/mol. The Morgan fingerprint density at radius 2 is 2.21 bits per heavy atom. The maximum absolute atomic E-state index is 11.8. The second kappa shape index (κ2) is 8.06. The van der Waals surface area contributed by atoms with Gasteiger partial charge >= 0.3 is 0 Å². The van der Waals surface area contributed by atoms with E-state index in [1.54, 1.807) is 18.2 Å². The normalized spacial score (nSPS) is 10.6. The molecule has 0 saturated carbocycles. The third-order valence-corrected chi connectivity index (χ3v) is 2.65. The van der Waals surface area contributed by atoms with E-state index in [-0.39, 0.29) is 18.9 Å². The molecule has 7 heteroatoms. The van der Waals surface area contributed by atoms with Crippen LogP contribution in [0.25, 0.3) is 0 Å². The summed E-state index contributed by atoms with van der Waals surface area (Å²) in [6.07, 6.45) is -2.52. The van der Waals surface area contributed by atoms with Crippen LogP contribution in [0.2, 0.25) is 0 Å². The van der Waals surface area contributed by atoms with Crippen molar-refractivity contribution in [3.05, 3.63) is 22.7 Å². The predicted molar refractivity (Wildman–Crippen MR) is 70.8 cm³/mol. The topological polar surface area (TPSA) is 47.6 Å². The molecule has 1 amide bonds. The molecule has 1 aromatic rings. The zero-order valence-corrected chi connectivity index (χ0v) is 11.9. The Labute approximate surface area is 118 Å². The third kappa shape index (κ3) is 5.98. The zero-order chi connectivity index (χ0) is 14.3. The molecule has 0 heterocycles. The van der Waals surface area contributed by atoms with Crippen molar-refractivity contribution in [2.24, 2.45) is 0 Å². The number of benzene rings is 1. The maximum Gasteiger partial charge on any atom is 0.261 e. The van der Waals surface area contributed by atoms with E-state index >= 15 is 0 Å². The van der Waals surface area contributed by atoms with E-state index < -0.39 is 13.0 Å². The Balaban J connectivity index is 2.45. The molecule has 0 radical (unpaired) electrons. The highest BCUT2D eigenvalue weighted by atomic mass is 79.9. The molecule has 0 unspecified atom stereocenters. The molecule has 19 heavy (non-hydrogen) atoms. The van der Waals surface area contributed by atoms with Gasteiger partial charge in [-0.3, -0.25) is 4.79 Å². The summed E-state index contributed by atoms with van der Waals surface area (Å²) < 4.78 is 34.1. The van der Waals surface area contributed by atoms with Gasteiger partial charge in [0.2, 0.25) is 5.91 Å². The van der Waals surface area contributed by atoms with Gasteiger partial charge in [0, 0.05) is 4.47 Å². The van der Waals surface area contributed by atoms with Gasteiger partial charge in [-0.15, -0.1) is 0 Å². The Bertz CT molecular complexity index is 429. The highest BCUT2D eigenvalue weighted by Gasteiger charge is 2.09. The Morgan fingerprint density at radius 1 is 1.47 bits per heavy atom. The van der Waals surface area contributed by atoms with Crippen molar-refractivity contribution < 1.29 is 23.0 Å². The zero-order valence-electron chi connectivity index (χ0n) is 10.3. The van der Waals surface area contributed by atoms with Crippen LogP contribution in [0.1, 0.15) is 6.42 Å². The molecule has 0 saturated heterocycles. The molecular formula is C12H14BrF2NO3. The predicted octanol–water partition coefficient (Wildman–Crippen LogP) is 3.07. The van der Waals surface area contributed by atoms with Crippen LogP contribution in [0.15, 0.2) is 22.7 Å². The number of anilines is 1. The Hall–Kier alpha value is -1.21. The SMILES string of the molecule is COc1ccc(Br)cc1NC(=O)CCOCC(F)F. The number of hydrogen-bond donors (Lipinski definition) is 1. The summed E-state index contributed by atoms with van der Waals surface area (Å²) in [7, 11) is 1.49. The second-order valence-corrected chi connectivity index (χ2v) is 4.52. The van der Waals surface area contributed by atoms with E-state index in [0.717, 1.165) is 4.47 Å². The number of ether oxygens (including phenoxy) is 2. The summed E-state index contributed by atoms with van der Waals surface area (Å²) in [4.78, 5) is 11.6. The van der Waals surface area contributed by atoms with Crippen LogP contribution in [-0.4, -0.2) is 32.7 Å². The summed E-state index contributed by atoms with van der Waals surface area (Å²) in [5.74, 6) is 0.190. The standard InChI is InChI=1S/C12H14BrF2NO3/c1-18-10-3-2-8(13)6-9(10)16-12(17)4-5-19-7-11(14)15/h2-3,6,11H,4-5,7H2,1H3,(H,16,17). The van der Waals surface area contributed by atoms with Gasteiger partial charge in [-0.1, -0.05) is 15.9 Å². The molecule has 0 spiro atoms. The van der Waals surface area contributed by atoms with Gasteiger partial charge in [0.15, 0.2) is 0 Å². The molecule has 1 N–H and O–H groups in total. The number of carbonyl (C=O) groups is 1.